The van der Waals surface area contributed by atoms with Crippen molar-refractivity contribution in [2.75, 3.05) is 5.73 Å². The highest BCUT2D eigenvalue weighted by Crippen LogP contribution is 2.54. The maximum Gasteiger partial charge on any atom is 0.356 e. The molecule has 7 heteroatoms. The number of carboxylic acids is 1. The summed E-state index contributed by atoms with van der Waals surface area (Å²) in [5.74, 6) is -1.27. The Morgan fingerprint density at radius 3 is 2.32 bits per heavy atom. The molecule has 0 aliphatic heterocycles. The smallest absolute Gasteiger partial charge is 0.356 e. The van der Waals surface area contributed by atoms with Gasteiger partial charge in [0.05, 0.1) is 16.3 Å². The van der Waals surface area contributed by atoms with Gasteiger partial charge >= 0.3 is 5.97 Å². The van der Waals surface area contributed by atoms with Crippen molar-refractivity contribution >= 4 is 21.5 Å². The van der Waals surface area contributed by atoms with E-state index < -0.39 is 20.6 Å². The molecule has 1 fully saturated rings. The van der Waals surface area contributed by atoms with Gasteiger partial charge in [-0.1, -0.05) is 18.2 Å². The van der Waals surface area contributed by atoms with E-state index in [1.807, 2.05) is 0 Å². The van der Waals surface area contributed by atoms with Crippen LogP contribution in [-0.2, 0) is 14.6 Å². The summed E-state index contributed by atoms with van der Waals surface area (Å²) in [4.78, 5) is 15.4. The summed E-state index contributed by atoms with van der Waals surface area (Å²) < 4.78 is 24.6. The fourth-order valence-corrected chi connectivity index (χ4v) is 4.49. The van der Waals surface area contributed by atoms with E-state index in [4.69, 9.17) is 10.8 Å². The first kappa shape index (κ1) is 14.5. The first-order chi connectivity index (χ1) is 10.4. The number of nitrogen functional groups attached to an aromatic ring is 1. The number of carboxylic acid groups (broad SMARTS) is 1. The molecular weight excluding hydrogens is 304 g/mol. The van der Waals surface area contributed by atoms with Gasteiger partial charge in [-0.05, 0) is 37.1 Å². The first-order valence-electron chi connectivity index (χ1n) is 6.68. The van der Waals surface area contributed by atoms with Crippen molar-refractivity contribution in [3.63, 3.8) is 0 Å². The predicted molar refractivity (Wildman–Crippen MR) is 80.1 cm³/mol. The van der Waals surface area contributed by atoms with Crippen molar-refractivity contribution in [3.8, 4) is 0 Å². The average molecular weight is 318 g/mol. The molecule has 1 aliphatic carbocycles. The van der Waals surface area contributed by atoms with Crippen LogP contribution in [-0.4, -0.2) is 24.5 Å². The molecule has 0 atom stereocenters. The van der Waals surface area contributed by atoms with Crippen molar-refractivity contribution in [2.45, 2.75) is 22.5 Å². The van der Waals surface area contributed by atoms with Gasteiger partial charge in [-0.25, -0.2) is 18.2 Å². The van der Waals surface area contributed by atoms with Crippen LogP contribution in [0.2, 0.25) is 0 Å². The normalized spacial score (nSPS) is 16.2. The molecule has 22 heavy (non-hydrogen) atoms. The zero-order valence-corrected chi connectivity index (χ0v) is 12.4. The van der Waals surface area contributed by atoms with Crippen LogP contribution in [0.25, 0.3) is 0 Å². The number of nitrogens with zero attached hydrogens (tertiary/aromatic N) is 1. The molecule has 1 aromatic heterocycles. The average Bonchev–Trinajstić information content (AvgIpc) is 3.30. The lowest BCUT2D eigenvalue weighted by Gasteiger charge is -2.17. The second-order valence-electron chi connectivity index (χ2n) is 5.25. The van der Waals surface area contributed by atoms with Gasteiger partial charge in [0.25, 0.3) is 0 Å². The van der Waals surface area contributed by atoms with Crippen molar-refractivity contribution in [2.24, 2.45) is 0 Å². The van der Waals surface area contributed by atoms with Crippen LogP contribution in [0.4, 0.5) is 5.69 Å². The molecule has 1 aromatic carbocycles. The number of aromatic nitrogens is 1. The molecule has 1 aliphatic rings. The molecule has 114 valence electrons. The van der Waals surface area contributed by atoms with Crippen LogP contribution >= 0.6 is 0 Å². The minimum atomic E-state index is -3.63. The van der Waals surface area contributed by atoms with E-state index in [1.165, 1.54) is 24.3 Å². The lowest BCUT2D eigenvalue weighted by Crippen LogP contribution is -2.23. The summed E-state index contributed by atoms with van der Waals surface area (Å²) in [5.41, 5.74) is 5.53. The Morgan fingerprint density at radius 1 is 1.14 bits per heavy atom. The second kappa shape index (κ2) is 4.81. The van der Waals surface area contributed by atoms with Crippen LogP contribution in [0.3, 0.4) is 0 Å². The summed E-state index contributed by atoms with van der Waals surface area (Å²) in [6.45, 7) is 0. The van der Waals surface area contributed by atoms with Crippen molar-refractivity contribution in [1.29, 1.82) is 0 Å². The highest BCUT2D eigenvalue weighted by atomic mass is 32.2. The quantitative estimate of drug-likeness (QED) is 0.889. The highest BCUT2D eigenvalue weighted by molar-refractivity contribution is 7.92. The van der Waals surface area contributed by atoms with E-state index >= 15 is 0 Å². The van der Waals surface area contributed by atoms with E-state index in [0.29, 0.717) is 12.8 Å². The Labute approximate surface area is 127 Å². The first-order valence-corrected chi connectivity index (χ1v) is 8.17. The Hall–Kier alpha value is -2.41. The Morgan fingerprint density at radius 2 is 1.77 bits per heavy atom. The molecule has 0 unspecified atom stereocenters. The zero-order chi connectivity index (χ0) is 16.0. The molecule has 6 nitrogen and oxygen atoms in total. The Balaban J connectivity index is 2.12. The van der Waals surface area contributed by atoms with Crippen molar-refractivity contribution in [3.05, 3.63) is 53.9 Å². The van der Waals surface area contributed by atoms with E-state index in [1.54, 1.807) is 18.2 Å². The Kier molecular flexibility index (Phi) is 3.17. The minimum Gasteiger partial charge on any atom is -0.476 e. The van der Waals surface area contributed by atoms with Crippen LogP contribution in [0, 0.1) is 0 Å². The number of sulfone groups is 1. The van der Waals surface area contributed by atoms with Gasteiger partial charge in [0, 0.05) is 0 Å². The van der Waals surface area contributed by atoms with Crippen molar-refractivity contribution in [1.82, 2.24) is 4.98 Å². The van der Waals surface area contributed by atoms with Gasteiger partial charge in [0.15, 0.2) is 15.5 Å². The topological polar surface area (TPSA) is 110 Å². The summed E-state index contributed by atoms with van der Waals surface area (Å²) in [6, 6.07) is 11.0. The number of rotatable bonds is 4. The minimum absolute atomic E-state index is 0.0177. The number of hydrogen-bond donors (Lipinski definition) is 2. The fourth-order valence-electron chi connectivity index (χ4n) is 2.50. The zero-order valence-electron chi connectivity index (χ0n) is 11.6. The molecule has 1 heterocycles. The Bertz CT molecular complexity index is 843. The number of aromatic carboxylic acids is 1. The van der Waals surface area contributed by atoms with E-state index in [9.17, 15) is 13.2 Å². The standard InChI is InChI=1S/C15H14N2O4S/c16-11-6-7-12(17-13(11)14(18)19)15(8-9-15)22(20,21)10-4-2-1-3-5-10/h1-7H,8-9,16H2,(H,18,19). The number of anilines is 1. The SMILES string of the molecule is Nc1ccc(C2(S(=O)(=O)c3ccccc3)CC2)nc1C(=O)O. The summed E-state index contributed by atoms with van der Waals surface area (Å²) in [6.07, 6.45) is 0.834. The van der Waals surface area contributed by atoms with Gasteiger partial charge in [-0.2, -0.15) is 0 Å². The van der Waals surface area contributed by atoms with Crippen LogP contribution in [0.15, 0.2) is 47.4 Å². The van der Waals surface area contributed by atoms with Gasteiger partial charge in [-0.3, -0.25) is 0 Å². The molecule has 1 saturated carbocycles. The molecule has 0 bridgehead atoms. The van der Waals surface area contributed by atoms with Gasteiger partial charge in [-0.15, -0.1) is 0 Å². The van der Waals surface area contributed by atoms with E-state index in [0.717, 1.165) is 0 Å². The monoisotopic (exact) mass is 318 g/mol. The molecule has 3 rings (SSSR count). The molecule has 3 N–H and O–H groups in total. The predicted octanol–water partition coefficient (Wildman–Crippen LogP) is 1.83. The largest absolute Gasteiger partial charge is 0.476 e. The molecule has 2 aromatic rings. The maximum atomic E-state index is 12.9. The molecular formula is C15H14N2O4S. The number of pyridine rings is 1. The third-order valence-electron chi connectivity index (χ3n) is 3.87. The highest BCUT2D eigenvalue weighted by Gasteiger charge is 2.57. The molecule has 0 spiro atoms. The molecule has 0 radical (unpaired) electrons. The molecule has 0 saturated heterocycles. The number of carbonyl (C=O) groups is 1. The van der Waals surface area contributed by atoms with Gasteiger partial charge < -0.3 is 10.8 Å². The number of nitrogens with two attached hydrogens (primary N) is 1. The number of benzene rings is 1. The van der Waals surface area contributed by atoms with Crippen LogP contribution in [0.1, 0.15) is 29.0 Å². The van der Waals surface area contributed by atoms with Crippen LogP contribution < -0.4 is 5.73 Å². The fraction of sp³-hybridized carbons (Fsp3) is 0.200. The van der Waals surface area contributed by atoms with Gasteiger partial charge in [0.2, 0.25) is 0 Å². The summed E-state index contributed by atoms with van der Waals surface area (Å²) in [5, 5.41) is 9.10. The summed E-state index contributed by atoms with van der Waals surface area (Å²) in [7, 11) is -3.63. The number of hydrogen-bond acceptors (Lipinski definition) is 5. The maximum absolute atomic E-state index is 12.9. The second-order valence-corrected chi connectivity index (χ2v) is 7.51. The lowest BCUT2D eigenvalue weighted by atomic mass is 10.2. The van der Waals surface area contributed by atoms with Gasteiger partial charge in [0.1, 0.15) is 4.75 Å². The molecule has 0 amide bonds. The lowest BCUT2D eigenvalue weighted by molar-refractivity contribution is 0.0691. The third kappa shape index (κ3) is 2.05. The third-order valence-corrected chi connectivity index (χ3v) is 6.41. The van der Waals surface area contributed by atoms with E-state index in [-0.39, 0.29) is 22.0 Å². The van der Waals surface area contributed by atoms with E-state index in [2.05, 4.69) is 4.98 Å². The van der Waals surface area contributed by atoms with Crippen molar-refractivity contribution < 1.29 is 18.3 Å². The summed E-state index contributed by atoms with van der Waals surface area (Å²) >= 11 is 0. The van der Waals surface area contributed by atoms with Crippen LogP contribution in [0.5, 0.6) is 0 Å².